The van der Waals surface area contributed by atoms with Crippen molar-refractivity contribution in [1.29, 1.82) is 0 Å². The summed E-state index contributed by atoms with van der Waals surface area (Å²) in [7, 11) is -0.271. The quantitative estimate of drug-likeness (QED) is 0.704. The molecule has 0 saturated heterocycles. The SMILES string of the molecule is CN(C)S(=O)(=O)CCNC(=O)NC1CCC1. The highest BCUT2D eigenvalue weighted by Gasteiger charge is 2.19. The Hall–Kier alpha value is -0.820. The number of rotatable bonds is 5. The van der Waals surface area contributed by atoms with Gasteiger partial charge >= 0.3 is 6.03 Å². The van der Waals surface area contributed by atoms with Crippen LogP contribution >= 0.6 is 0 Å². The molecule has 1 fully saturated rings. The van der Waals surface area contributed by atoms with E-state index in [4.69, 9.17) is 0 Å². The number of hydrogen-bond donors (Lipinski definition) is 2. The van der Waals surface area contributed by atoms with E-state index < -0.39 is 10.0 Å². The topological polar surface area (TPSA) is 78.5 Å². The Morgan fingerprint density at radius 3 is 2.44 bits per heavy atom. The van der Waals surface area contributed by atoms with Crippen LogP contribution in [-0.2, 0) is 10.0 Å². The third kappa shape index (κ3) is 3.97. The maximum Gasteiger partial charge on any atom is 0.315 e. The van der Waals surface area contributed by atoms with E-state index in [-0.39, 0.29) is 24.4 Å². The van der Waals surface area contributed by atoms with Gasteiger partial charge in [0.2, 0.25) is 10.0 Å². The van der Waals surface area contributed by atoms with Crippen LogP contribution in [0.25, 0.3) is 0 Å². The number of carbonyl (C=O) groups excluding carboxylic acids is 1. The predicted octanol–water partition coefficient (Wildman–Crippen LogP) is -0.270. The Bertz CT molecular complexity index is 336. The molecule has 0 radical (unpaired) electrons. The van der Waals surface area contributed by atoms with E-state index >= 15 is 0 Å². The Kier molecular flexibility index (Phi) is 4.55. The molecule has 16 heavy (non-hydrogen) atoms. The van der Waals surface area contributed by atoms with E-state index in [1.807, 2.05) is 0 Å². The molecule has 1 saturated carbocycles. The summed E-state index contributed by atoms with van der Waals surface area (Å²) in [6, 6.07) is -0.0101. The van der Waals surface area contributed by atoms with Crippen molar-refractivity contribution in [3.05, 3.63) is 0 Å². The molecule has 0 aromatic carbocycles. The number of carbonyl (C=O) groups is 1. The standard InChI is InChI=1S/C9H19N3O3S/c1-12(2)16(14,15)7-6-10-9(13)11-8-4-3-5-8/h8H,3-7H2,1-2H3,(H2,10,11,13). The van der Waals surface area contributed by atoms with E-state index in [0.717, 1.165) is 23.6 Å². The van der Waals surface area contributed by atoms with E-state index in [1.165, 1.54) is 14.1 Å². The summed E-state index contributed by atoms with van der Waals surface area (Å²) in [6.45, 7) is 0.138. The highest BCUT2D eigenvalue weighted by atomic mass is 32.2. The maximum atomic E-state index is 11.4. The Morgan fingerprint density at radius 2 is 2.00 bits per heavy atom. The van der Waals surface area contributed by atoms with Crippen LogP contribution in [0.1, 0.15) is 19.3 Å². The van der Waals surface area contributed by atoms with Crippen molar-refractivity contribution in [2.45, 2.75) is 25.3 Å². The van der Waals surface area contributed by atoms with Crippen LogP contribution in [0.15, 0.2) is 0 Å². The van der Waals surface area contributed by atoms with Crippen LogP contribution in [-0.4, -0.2) is 51.2 Å². The molecule has 2 amide bonds. The zero-order valence-corrected chi connectivity index (χ0v) is 10.5. The van der Waals surface area contributed by atoms with Gasteiger partial charge in [0.1, 0.15) is 0 Å². The highest BCUT2D eigenvalue weighted by Crippen LogP contribution is 2.17. The zero-order valence-electron chi connectivity index (χ0n) is 9.69. The van der Waals surface area contributed by atoms with Crippen LogP contribution in [0.2, 0.25) is 0 Å². The largest absolute Gasteiger partial charge is 0.337 e. The second kappa shape index (κ2) is 5.49. The molecular weight excluding hydrogens is 230 g/mol. The predicted molar refractivity (Wildman–Crippen MR) is 61.6 cm³/mol. The zero-order chi connectivity index (χ0) is 12.2. The van der Waals surface area contributed by atoms with Crippen molar-refractivity contribution in [2.24, 2.45) is 0 Å². The molecule has 0 spiro atoms. The smallest absolute Gasteiger partial charge is 0.315 e. The van der Waals surface area contributed by atoms with Crippen molar-refractivity contribution < 1.29 is 13.2 Å². The summed E-state index contributed by atoms with van der Waals surface area (Å²) in [5, 5.41) is 5.31. The Labute approximate surface area is 96.4 Å². The third-order valence-electron chi connectivity index (χ3n) is 2.64. The number of nitrogens with one attached hydrogen (secondary N) is 2. The molecule has 1 aliphatic rings. The molecule has 0 aromatic rings. The van der Waals surface area contributed by atoms with Gasteiger partial charge in [0.05, 0.1) is 5.75 Å². The van der Waals surface area contributed by atoms with Crippen LogP contribution in [0, 0.1) is 0 Å². The molecule has 2 N–H and O–H groups in total. The molecular formula is C9H19N3O3S. The number of amides is 2. The lowest BCUT2D eigenvalue weighted by Gasteiger charge is -2.26. The van der Waals surface area contributed by atoms with E-state index in [1.54, 1.807) is 0 Å². The summed E-state index contributed by atoms with van der Waals surface area (Å²) in [5.41, 5.74) is 0. The van der Waals surface area contributed by atoms with Crippen LogP contribution < -0.4 is 10.6 Å². The molecule has 94 valence electrons. The second-order valence-electron chi connectivity index (χ2n) is 4.13. The average molecular weight is 249 g/mol. The summed E-state index contributed by atoms with van der Waals surface area (Å²) < 4.78 is 23.9. The summed E-state index contributed by atoms with van der Waals surface area (Å²) in [6.07, 6.45) is 3.19. The van der Waals surface area contributed by atoms with Crippen molar-refractivity contribution in [1.82, 2.24) is 14.9 Å². The first-order valence-corrected chi connectivity index (χ1v) is 6.97. The molecule has 0 bridgehead atoms. The lowest BCUT2D eigenvalue weighted by Crippen LogP contribution is -2.46. The molecule has 1 aliphatic carbocycles. The van der Waals surface area contributed by atoms with Gasteiger partial charge in [-0.25, -0.2) is 17.5 Å². The second-order valence-corrected chi connectivity index (χ2v) is 6.43. The number of urea groups is 1. The number of sulfonamides is 1. The fourth-order valence-corrected chi connectivity index (χ4v) is 1.99. The van der Waals surface area contributed by atoms with Gasteiger partial charge in [-0.15, -0.1) is 0 Å². The van der Waals surface area contributed by atoms with Crippen LogP contribution in [0.5, 0.6) is 0 Å². The minimum atomic E-state index is -3.22. The molecule has 0 atom stereocenters. The molecule has 6 nitrogen and oxygen atoms in total. The average Bonchev–Trinajstić information content (AvgIpc) is 2.11. The Balaban J connectivity index is 2.17. The van der Waals surface area contributed by atoms with Gasteiger partial charge in [0.15, 0.2) is 0 Å². The van der Waals surface area contributed by atoms with E-state index in [0.29, 0.717) is 0 Å². The van der Waals surface area contributed by atoms with Crippen LogP contribution in [0.4, 0.5) is 4.79 Å². The van der Waals surface area contributed by atoms with Gasteiger partial charge in [-0.05, 0) is 19.3 Å². The summed E-state index contributed by atoms with van der Waals surface area (Å²) in [5.74, 6) is -0.0713. The normalized spacial score (nSPS) is 16.9. The van der Waals surface area contributed by atoms with Crippen molar-refractivity contribution in [3.8, 4) is 0 Å². The van der Waals surface area contributed by atoms with Crippen molar-refractivity contribution in [2.75, 3.05) is 26.4 Å². The van der Waals surface area contributed by atoms with Gasteiger partial charge in [-0.1, -0.05) is 0 Å². The van der Waals surface area contributed by atoms with Crippen molar-refractivity contribution >= 4 is 16.1 Å². The van der Waals surface area contributed by atoms with E-state index in [9.17, 15) is 13.2 Å². The first-order chi connectivity index (χ1) is 7.42. The van der Waals surface area contributed by atoms with Gasteiger partial charge < -0.3 is 10.6 Å². The maximum absolute atomic E-state index is 11.4. The Morgan fingerprint density at radius 1 is 1.38 bits per heavy atom. The fourth-order valence-electron chi connectivity index (χ4n) is 1.27. The van der Waals surface area contributed by atoms with Gasteiger partial charge in [-0.2, -0.15) is 0 Å². The third-order valence-corrected chi connectivity index (χ3v) is 4.48. The molecule has 0 unspecified atom stereocenters. The summed E-state index contributed by atoms with van der Waals surface area (Å²) in [4.78, 5) is 11.3. The molecule has 0 aliphatic heterocycles. The number of hydrogen-bond acceptors (Lipinski definition) is 3. The van der Waals surface area contributed by atoms with Gasteiger partial charge in [0.25, 0.3) is 0 Å². The van der Waals surface area contributed by atoms with Crippen LogP contribution in [0.3, 0.4) is 0 Å². The van der Waals surface area contributed by atoms with Gasteiger partial charge in [0, 0.05) is 26.7 Å². The molecule has 1 rings (SSSR count). The monoisotopic (exact) mass is 249 g/mol. The lowest BCUT2D eigenvalue weighted by molar-refractivity contribution is 0.229. The van der Waals surface area contributed by atoms with Crippen molar-refractivity contribution in [3.63, 3.8) is 0 Å². The lowest BCUT2D eigenvalue weighted by atomic mass is 9.93. The first-order valence-electron chi connectivity index (χ1n) is 5.36. The van der Waals surface area contributed by atoms with Gasteiger partial charge in [-0.3, -0.25) is 0 Å². The molecule has 0 heterocycles. The molecule has 7 heteroatoms. The minimum Gasteiger partial charge on any atom is -0.337 e. The highest BCUT2D eigenvalue weighted by molar-refractivity contribution is 7.89. The van der Waals surface area contributed by atoms with E-state index in [2.05, 4.69) is 10.6 Å². The first kappa shape index (κ1) is 13.2. The molecule has 0 aromatic heterocycles. The summed E-state index contributed by atoms with van der Waals surface area (Å²) >= 11 is 0. The minimum absolute atomic E-state index is 0.0713. The fraction of sp³-hybridized carbons (Fsp3) is 0.889. The number of nitrogens with zero attached hydrogens (tertiary/aromatic N) is 1.